The number of amides is 1. The van der Waals surface area contributed by atoms with Crippen molar-refractivity contribution in [3.8, 4) is 5.75 Å². The molecule has 8 heteroatoms. The monoisotopic (exact) mass is 564 g/mol. The van der Waals surface area contributed by atoms with Crippen LogP contribution in [0.5, 0.6) is 5.75 Å². The first-order valence-electron chi connectivity index (χ1n) is 15.0. The Hall–Kier alpha value is -3.13. The fourth-order valence-electron chi connectivity index (χ4n) is 8.21. The molecule has 0 saturated heterocycles. The van der Waals surface area contributed by atoms with Crippen molar-refractivity contribution < 1.29 is 29.4 Å². The Bertz CT molecular complexity index is 1250. The van der Waals surface area contributed by atoms with Gasteiger partial charge in [0, 0.05) is 11.8 Å². The molecule has 4 unspecified atom stereocenters. The zero-order valence-electron chi connectivity index (χ0n) is 24.7. The van der Waals surface area contributed by atoms with Crippen LogP contribution in [0.1, 0.15) is 71.8 Å². The average molecular weight is 565 g/mol. The van der Waals surface area contributed by atoms with Crippen LogP contribution < -0.4 is 5.32 Å². The number of rotatable bonds is 8. The lowest BCUT2D eigenvalue weighted by molar-refractivity contribution is -0.147. The summed E-state index contributed by atoms with van der Waals surface area (Å²) in [7, 11) is 0. The molecule has 8 nitrogen and oxygen atoms in total. The normalized spacial score (nSPS) is 35.5. The Morgan fingerprint density at radius 2 is 1.83 bits per heavy atom. The molecule has 0 heterocycles. The van der Waals surface area contributed by atoms with Crippen LogP contribution in [0.15, 0.2) is 53.2 Å². The molecule has 1 aromatic rings. The van der Waals surface area contributed by atoms with Crippen LogP contribution in [0.25, 0.3) is 0 Å². The first kappa shape index (κ1) is 29.4. The van der Waals surface area contributed by atoms with Crippen molar-refractivity contribution >= 4 is 17.6 Å². The van der Waals surface area contributed by atoms with Gasteiger partial charge in [-0.1, -0.05) is 42.8 Å². The van der Waals surface area contributed by atoms with Crippen LogP contribution in [0.4, 0.5) is 0 Å². The van der Waals surface area contributed by atoms with Gasteiger partial charge < -0.3 is 25.1 Å². The maximum Gasteiger partial charge on any atom is 0.328 e. The van der Waals surface area contributed by atoms with Gasteiger partial charge in [-0.2, -0.15) is 0 Å². The number of ether oxygens (including phenoxy) is 1. The third-order valence-corrected chi connectivity index (χ3v) is 10.8. The van der Waals surface area contributed by atoms with E-state index in [-0.39, 0.29) is 36.2 Å². The van der Waals surface area contributed by atoms with Gasteiger partial charge in [-0.3, -0.25) is 4.79 Å². The molecule has 5 rings (SSSR count). The van der Waals surface area contributed by atoms with Crippen LogP contribution >= 0.6 is 0 Å². The van der Waals surface area contributed by atoms with E-state index in [2.05, 4.69) is 36.5 Å². The largest absolute Gasteiger partial charge is 0.508 e. The second kappa shape index (κ2) is 11.3. The number of carbonyl (C=O) groups excluding carboxylic acids is 2. The number of hydrogen-bond donors (Lipinski definition) is 3. The standard InChI is InChI=1S/C33H44N2O6/c1-5-40-30(38)28(18-21-6-9-24(36)10-7-21)34-29(37)20-41-35-23-12-15-31(2)22(19-23)8-11-25-26(31)13-16-32(3)27(25)14-17-33(32,4)39/h6-7,9-10,12,15,19,25-28,36,39H,5,8,11,13-14,16-18,20H2,1-4H3,(H,34,37)/b35-23+/t25?,26?,27?,28?,31-,32-,33-/m0/s1. The fourth-order valence-corrected chi connectivity index (χ4v) is 8.21. The molecule has 1 aromatic carbocycles. The summed E-state index contributed by atoms with van der Waals surface area (Å²) in [5.74, 6) is 0.852. The van der Waals surface area contributed by atoms with Crippen molar-refractivity contribution in [3.63, 3.8) is 0 Å². The van der Waals surface area contributed by atoms with E-state index < -0.39 is 23.5 Å². The van der Waals surface area contributed by atoms with Crippen LogP contribution in [-0.4, -0.2) is 52.7 Å². The number of aliphatic hydroxyl groups is 1. The number of allylic oxidation sites excluding steroid dienone is 4. The van der Waals surface area contributed by atoms with E-state index in [9.17, 15) is 19.8 Å². The summed E-state index contributed by atoms with van der Waals surface area (Å²) in [4.78, 5) is 30.5. The summed E-state index contributed by atoms with van der Waals surface area (Å²) in [6.07, 6.45) is 12.9. The Kier molecular flexibility index (Phi) is 8.07. The van der Waals surface area contributed by atoms with Crippen molar-refractivity contribution in [1.82, 2.24) is 5.32 Å². The number of phenols is 1. The topological polar surface area (TPSA) is 117 Å². The summed E-state index contributed by atoms with van der Waals surface area (Å²) in [6, 6.07) is 5.59. The molecule has 3 fully saturated rings. The Morgan fingerprint density at radius 1 is 1.10 bits per heavy atom. The van der Waals surface area contributed by atoms with E-state index in [1.807, 2.05) is 13.0 Å². The SMILES string of the molecule is CCOC(=O)C(Cc1ccc(O)cc1)NC(=O)CO/N=C1\C=C[C@@]2(C)C(=C1)CCC1C2CC[C@@]2(C)C1CC[C@]2(C)O. The van der Waals surface area contributed by atoms with Crippen LogP contribution in [0, 0.1) is 28.6 Å². The number of hydrogen-bond acceptors (Lipinski definition) is 7. The number of aromatic hydroxyl groups is 1. The molecular formula is C33H44N2O6. The van der Waals surface area contributed by atoms with Gasteiger partial charge in [-0.25, -0.2) is 4.79 Å². The van der Waals surface area contributed by atoms with Gasteiger partial charge in [-0.05, 0) is 105 Å². The number of esters is 1. The van der Waals surface area contributed by atoms with E-state index in [4.69, 9.17) is 9.57 Å². The Morgan fingerprint density at radius 3 is 2.56 bits per heavy atom. The average Bonchev–Trinajstić information content (AvgIpc) is 3.18. The molecule has 3 N–H and O–H groups in total. The highest BCUT2D eigenvalue weighted by atomic mass is 16.6. The maximum atomic E-state index is 12.6. The number of nitrogens with zero attached hydrogens (tertiary/aromatic N) is 1. The minimum atomic E-state index is -0.878. The number of oxime groups is 1. The van der Waals surface area contributed by atoms with Gasteiger partial charge in [0.05, 0.1) is 12.2 Å². The summed E-state index contributed by atoms with van der Waals surface area (Å²) < 4.78 is 5.14. The minimum Gasteiger partial charge on any atom is -0.508 e. The third kappa shape index (κ3) is 5.55. The fraction of sp³-hybridized carbons (Fsp3) is 0.606. The predicted octanol–water partition coefficient (Wildman–Crippen LogP) is 4.85. The second-order valence-electron chi connectivity index (χ2n) is 13.0. The highest BCUT2D eigenvalue weighted by Gasteiger charge is 2.62. The molecule has 41 heavy (non-hydrogen) atoms. The van der Waals surface area contributed by atoms with E-state index in [1.54, 1.807) is 19.1 Å². The lowest BCUT2D eigenvalue weighted by Gasteiger charge is -2.58. The van der Waals surface area contributed by atoms with E-state index in [0.29, 0.717) is 23.5 Å². The van der Waals surface area contributed by atoms with Crippen molar-refractivity contribution in [2.24, 2.45) is 33.7 Å². The molecule has 0 aromatic heterocycles. The van der Waals surface area contributed by atoms with Crippen molar-refractivity contribution in [1.29, 1.82) is 0 Å². The first-order chi connectivity index (χ1) is 19.5. The number of carbonyl (C=O) groups is 2. The van der Waals surface area contributed by atoms with Crippen molar-refractivity contribution in [2.45, 2.75) is 84.3 Å². The molecule has 4 aliphatic carbocycles. The number of nitrogens with one attached hydrogen (secondary N) is 1. The second-order valence-corrected chi connectivity index (χ2v) is 13.0. The molecular weight excluding hydrogens is 520 g/mol. The number of benzene rings is 1. The molecule has 1 amide bonds. The van der Waals surface area contributed by atoms with Crippen LogP contribution in [0.3, 0.4) is 0 Å². The van der Waals surface area contributed by atoms with Gasteiger partial charge >= 0.3 is 5.97 Å². The summed E-state index contributed by atoms with van der Waals surface area (Å²) >= 11 is 0. The minimum absolute atomic E-state index is 0.00149. The lowest BCUT2D eigenvalue weighted by atomic mass is 9.47. The molecule has 0 bridgehead atoms. The third-order valence-electron chi connectivity index (χ3n) is 10.8. The summed E-state index contributed by atoms with van der Waals surface area (Å²) in [6.45, 7) is 8.29. The van der Waals surface area contributed by atoms with Crippen LogP contribution in [-0.2, 0) is 25.6 Å². The smallest absolute Gasteiger partial charge is 0.328 e. The maximum absolute atomic E-state index is 12.6. The summed E-state index contributed by atoms with van der Waals surface area (Å²) in [5.41, 5.74) is 2.21. The van der Waals surface area contributed by atoms with Crippen LogP contribution in [0.2, 0.25) is 0 Å². The zero-order chi connectivity index (χ0) is 29.4. The number of phenolic OH excluding ortho intramolecular Hbond substituents is 1. The molecule has 7 atom stereocenters. The van der Waals surface area contributed by atoms with Gasteiger partial charge in [-0.15, -0.1) is 0 Å². The molecule has 0 aliphatic heterocycles. The summed E-state index contributed by atoms with van der Waals surface area (Å²) in [5, 5.41) is 27.6. The first-order valence-corrected chi connectivity index (χ1v) is 15.0. The predicted molar refractivity (Wildman–Crippen MR) is 156 cm³/mol. The van der Waals surface area contributed by atoms with E-state index >= 15 is 0 Å². The van der Waals surface area contributed by atoms with Gasteiger partial charge in [0.15, 0.2) is 6.61 Å². The molecule has 222 valence electrons. The van der Waals surface area contributed by atoms with Crippen molar-refractivity contribution in [2.75, 3.05) is 13.2 Å². The zero-order valence-corrected chi connectivity index (χ0v) is 24.7. The van der Waals surface area contributed by atoms with Gasteiger partial charge in [0.25, 0.3) is 5.91 Å². The number of fused-ring (bicyclic) bond motifs is 5. The van der Waals surface area contributed by atoms with Gasteiger partial charge in [0.2, 0.25) is 0 Å². The van der Waals surface area contributed by atoms with E-state index in [0.717, 1.165) is 44.1 Å². The Balaban J connectivity index is 1.19. The highest BCUT2D eigenvalue weighted by molar-refractivity contribution is 6.05. The molecule has 0 radical (unpaired) electrons. The quantitative estimate of drug-likeness (QED) is 0.307. The molecule has 4 aliphatic rings. The molecule has 0 spiro atoms. The van der Waals surface area contributed by atoms with Crippen molar-refractivity contribution in [3.05, 3.63) is 53.6 Å². The van der Waals surface area contributed by atoms with Gasteiger partial charge in [0.1, 0.15) is 17.5 Å². The lowest BCUT2D eigenvalue weighted by Crippen LogP contribution is -2.53. The Labute approximate surface area is 242 Å². The highest BCUT2D eigenvalue weighted by Crippen LogP contribution is 2.66. The molecule has 3 saturated carbocycles. The van der Waals surface area contributed by atoms with E-state index in [1.165, 1.54) is 17.7 Å².